The van der Waals surface area contributed by atoms with Gasteiger partial charge in [0.2, 0.25) is 5.91 Å². The van der Waals surface area contributed by atoms with E-state index in [-0.39, 0.29) is 5.75 Å². The number of nitrogens with two attached hydrogens (primary N) is 1. The second-order valence-electron chi connectivity index (χ2n) is 4.47. The van der Waals surface area contributed by atoms with E-state index in [1.54, 1.807) is 12.4 Å². The van der Waals surface area contributed by atoms with Crippen LogP contribution in [0.15, 0.2) is 60.0 Å². The molecule has 0 saturated heterocycles. The molecule has 3 aromatic rings. The Kier molecular flexibility index (Phi) is 4.15. The fourth-order valence-electron chi connectivity index (χ4n) is 1.99. The molecule has 3 rings (SSSR count). The molecule has 2 N–H and O–H groups in total. The summed E-state index contributed by atoms with van der Waals surface area (Å²) in [6.45, 7) is 0. The molecule has 1 amide bonds. The first-order chi connectivity index (χ1) is 10.8. The standard InChI is InChI=1S/C15H13N5OS/c16-13(21)10-22-15-19-18-14(11-5-4-8-17-9-11)20(15)12-6-2-1-3-7-12/h1-9H,10H2,(H2,16,21). The first kappa shape index (κ1) is 14.3. The Balaban J connectivity index is 2.09. The summed E-state index contributed by atoms with van der Waals surface area (Å²) in [6, 6.07) is 13.5. The van der Waals surface area contributed by atoms with Crippen LogP contribution in [0.25, 0.3) is 17.1 Å². The van der Waals surface area contributed by atoms with Gasteiger partial charge in [0, 0.05) is 23.6 Å². The number of thioether (sulfide) groups is 1. The van der Waals surface area contributed by atoms with Gasteiger partial charge in [-0.3, -0.25) is 14.3 Å². The highest BCUT2D eigenvalue weighted by molar-refractivity contribution is 7.99. The van der Waals surface area contributed by atoms with Crippen molar-refractivity contribution in [3.05, 3.63) is 54.9 Å². The van der Waals surface area contributed by atoms with E-state index >= 15 is 0 Å². The van der Waals surface area contributed by atoms with Gasteiger partial charge in [-0.2, -0.15) is 0 Å². The van der Waals surface area contributed by atoms with Gasteiger partial charge < -0.3 is 5.73 Å². The van der Waals surface area contributed by atoms with E-state index in [2.05, 4.69) is 15.2 Å². The summed E-state index contributed by atoms with van der Waals surface area (Å²) < 4.78 is 1.89. The summed E-state index contributed by atoms with van der Waals surface area (Å²) >= 11 is 1.26. The number of hydrogen-bond acceptors (Lipinski definition) is 5. The van der Waals surface area contributed by atoms with Crippen molar-refractivity contribution in [3.63, 3.8) is 0 Å². The van der Waals surface area contributed by atoms with Crippen LogP contribution in [-0.2, 0) is 4.79 Å². The zero-order chi connectivity index (χ0) is 15.4. The monoisotopic (exact) mass is 311 g/mol. The zero-order valence-electron chi connectivity index (χ0n) is 11.6. The molecule has 0 spiro atoms. The van der Waals surface area contributed by atoms with Gasteiger partial charge in [0.25, 0.3) is 0 Å². The predicted octanol–water partition coefficient (Wildman–Crippen LogP) is 1.91. The van der Waals surface area contributed by atoms with Gasteiger partial charge in [-0.15, -0.1) is 10.2 Å². The van der Waals surface area contributed by atoms with Crippen LogP contribution in [-0.4, -0.2) is 31.4 Å². The Morgan fingerprint density at radius 2 is 1.95 bits per heavy atom. The average Bonchev–Trinajstić information content (AvgIpc) is 2.98. The van der Waals surface area contributed by atoms with Crippen LogP contribution in [0.3, 0.4) is 0 Å². The number of rotatable bonds is 5. The second kappa shape index (κ2) is 6.40. The molecule has 0 bridgehead atoms. The smallest absolute Gasteiger partial charge is 0.227 e. The molecular formula is C15H13N5OS. The second-order valence-corrected chi connectivity index (χ2v) is 5.42. The normalized spacial score (nSPS) is 10.5. The van der Waals surface area contributed by atoms with Crippen molar-refractivity contribution < 1.29 is 4.79 Å². The van der Waals surface area contributed by atoms with Crippen molar-refractivity contribution >= 4 is 17.7 Å². The Morgan fingerprint density at radius 3 is 2.64 bits per heavy atom. The van der Waals surface area contributed by atoms with E-state index in [0.29, 0.717) is 11.0 Å². The number of carbonyl (C=O) groups excluding carboxylic acids is 1. The van der Waals surface area contributed by atoms with Gasteiger partial charge in [-0.25, -0.2) is 0 Å². The minimum Gasteiger partial charge on any atom is -0.369 e. The first-order valence-corrected chi connectivity index (χ1v) is 7.56. The van der Waals surface area contributed by atoms with Gasteiger partial charge >= 0.3 is 0 Å². The summed E-state index contributed by atoms with van der Waals surface area (Å²) in [5, 5.41) is 9.04. The van der Waals surface area contributed by atoms with E-state index in [1.165, 1.54) is 11.8 Å². The number of amides is 1. The van der Waals surface area contributed by atoms with Crippen molar-refractivity contribution in [2.24, 2.45) is 5.73 Å². The Hall–Kier alpha value is -2.67. The molecule has 0 fully saturated rings. The molecule has 0 aliphatic carbocycles. The molecule has 110 valence electrons. The fraction of sp³-hybridized carbons (Fsp3) is 0.0667. The van der Waals surface area contributed by atoms with Crippen molar-refractivity contribution in [2.45, 2.75) is 5.16 Å². The molecule has 0 aliphatic rings. The number of carbonyl (C=O) groups is 1. The van der Waals surface area contributed by atoms with Gasteiger partial charge in [0.1, 0.15) is 0 Å². The molecule has 0 saturated carbocycles. The molecular weight excluding hydrogens is 298 g/mol. The Morgan fingerprint density at radius 1 is 1.14 bits per heavy atom. The van der Waals surface area contributed by atoms with E-state index < -0.39 is 5.91 Å². The molecule has 0 radical (unpaired) electrons. The van der Waals surface area contributed by atoms with Crippen LogP contribution in [0, 0.1) is 0 Å². The molecule has 22 heavy (non-hydrogen) atoms. The number of aromatic nitrogens is 4. The minimum absolute atomic E-state index is 0.151. The lowest BCUT2D eigenvalue weighted by Crippen LogP contribution is -2.13. The van der Waals surface area contributed by atoms with Crippen LogP contribution in [0.4, 0.5) is 0 Å². The number of nitrogens with zero attached hydrogens (tertiary/aromatic N) is 4. The van der Waals surface area contributed by atoms with E-state index in [9.17, 15) is 4.79 Å². The number of primary amides is 1. The van der Waals surface area contributed by atoms with E-state index in [1.807, 2.05) is 47.0 Å². The SMILES string of the molecule is NC(=O)CSc1nnc(-c2cccnc2)n1-c1ccccc1. The van der Waals surface area contributed by atoms with E-state index in [4.69, 9.17) is 5.73 Å². The van der Waals surface area contributed by atoms with Gasteiger partial charge in [-0.1, -0.05) is 30.0 Å². The summed E-state index contributed by atoms with van der Waals surface area (Å²) in [4.78, 5) is 15.1. The molecule has 6 nitrogen and oxygen atoms in total. The van der Waals surface area contributed by atoms with Crippen LogP contribution < -0.4 is 5.73 Å². The van der Waals surface area contributed by atoms with Gasteiger partial charge in [-0.05, 0) is 24.3 Å². The molecule has 1 aromatic carbocycles. The predicted molar refractivity (Wildman–Crippen MR) is 84.5 cm³/mol. The van der Waals surface area contributed by atoms with Gasteiger partial charge in [0.05, 0.1) is 5.75 Å². The molecule has 0 unspecified atom stereocenters. The molecule has 2 heterocycles. The van der Waals surface area contributed by atoms with E-state index in [0.717, 1.165) is 11.3 Å². The van der Waals surface area contributed by atoms with Gasteiger partial charge in [0.15, 0.2) is 11.0 Å². The zero-order valence-corrected chi connectivity index (χ0v) is 12.4. The number of pyridine rings is 1. The largest absolute Gasteiger partial charge is 0.369 e. The minimum atomic E-state index is -0.393. The maximum Gasteiger partial charge on any atom is 0.227 e. The number of para-hydroxylation sites is 1. The third-order valence-corrected chi connectivity index (χ3v) is 3.86. The molecule has 7 heteroatoms. The lowest BCUT2D eigenvalue weighted by Gasteiger charge is -2.09. The highest BCUT2D eigenvalue weighted by atomic mass is 32.2. The lowest BCUT2D eigenvalue weighted by molar-refractivity contribution is -0.115. The third kappa shape index (κ3) is 2.99. The molecule has 0 atom stereocenters. The summed E-state index contributed by atoms with van der Waals surface area (Å²) in [6.07, 6.45) is 3.43. The third-order valence-electron chi connectivity index (χ3n) is 2.91. The Labute approximate surface area is 131 Å². The molecule has 0 aliphatic heterocycles. The highest BCUT2D eigenvalue weighted by Gasteiger charge is 2.16. The fourth-order valence-corrected chi connectivity index (χ4v) is 2.68. The lowest BCUT2D eigenvalue weighted by atomic mass is 10.2. The first-order valence-electron chi connectivity index (χ1n) is 6.58. The maximum absolute atomic E-state index is 11.0. The van der Waals surface area contributed by atoms with Crippen LogP contribution in [0.2, 0.25) is 0 Å². The Bertz CT molecular complexity index is 773. The van der Waals surface area contributed by atoms with Crippen LogP contribution in [0.5, 0.6) is 0 Å². The summed E-state index contributed by atoms with van der Waals surface area (Å²) in [5.74, 6) is 0.430. The number of benzene rings is 1. The van der Waals surface area contributed by atoms with Crippen molar-refractivity contribution in [1.82, 2.24) is 19.7 Å². The van der Waals surface area contributed by atoms with Crippen LogP contribution >= 0.6 is 11.8 Å². The summed E-state index contributed by atoms with van der Waals surface area (Å²) in [5.41, 5.74) is 6.99. The van der Waals surface area contributed by atoms with Crippen molar-refractivity contribution in [2.75, 3.05) is 5.75 Å². The number of hydrogen-bond donors (Lipinski definition) is 1. The highest BCUT2D eigenvalue weighted by Crippen LogP contribution is 2.27. The van der Waals surface area contributed by atoms with Crippen LogP contribution in [0.1, 0.15) is 0 Å². The topological polar surface area (TPSA) is 86.7 Å². The van der Waals surface area contributed by atoms with Crippen molar-refractivity contribution in [1.29, 1.82) is 0 Å². The maximum atomic E-state index is 11.0. The average molecular weight is 311 g/mol. The van der Waals surface area contributed by atoms with Crippen molar-refractivity contribution in [3.8, 4) is 17.1 Å². The summed E-state index contributed by atoms with van der Waals surface area (Å²) in [7, 11) is 0. The molecule has 2 aromatic heterocycles. The quantitative estimate of drug-likeness (QED) is 0.727.